The first kappa shape index (κ1) is 28.4. The van der Waals surface area contributed by atoms with Crippen LogP contribution >= 0.6 is 0 Å². The molecule has 2 nitrogen and oxygen atoms in total. The average Bonchev–Trinajstić information content (AvgIpc) is 3.55. The van der Waals surface area contributed by atoms with Crippen LogP contribution in [0.2, 0.25) is 0 Å². The molecular weight excluding hydrogens is 607 g/mol. The minimum Gasteiger partial charge on any atom is -0.456 e. The van der Waals surface area contributed by atoms with Gasteiger partial charge in [-0.05, 0) is 104 Å². The summed E-state index contributed by atoms with van der Waals surface area (Å²) in [5, 5.41) is 9.60. The van der Waals surface area contributed by atoms with Gasteiger partial charge in [0.25, 0.3) is 0 Å². The molecule has 9 aromatic carbocycles. The molecule has 10 rings (SSSR count). The molecule has 0 bridgehead atoms. The SMILES string of the molecule is c1ccc(-c2ccc(N(c3ccc4cc5c(cc4c3)oc3ccccc35)c3ccccc3-c3cc4ccccc4c4ccccc34)cc2)cc1. The van der Waals surface area contributed by atoms with Crippen LogP contribution in [0.3, 0.4) is 0 Å². The molecule has 0 amide bonds. The standard InChI is InChI=1S/C48H31NO/c1-2-12-32(13-3-1)33-22-25-37(26-23-33)49(38-27-24-34-29-45-43-19-9-11-21-47(43)50-48(45)31-36(34)28-38)46-20-10-8-18-42(46)44-30-35-14-4-5-15-39(35)40-16-6-7-17-41(40)44/h1-31H. The van der Waals surface area contributed by atoms with Crippen molar-refractivity contribution >= 4 is 71.3 Å². The van der Waals surface area contributed by atoms with Crippen molar-refractivity contribution in [1.82, 2.24) is 0 Å². The van der Waals surface area contributed by atoms with Crippen LogP contribution in [0.1, 0.15) is 0 Å². The van der Waals surface area contributed by atoms with Gasteiger partial charge in [-0.2, -0.15) is 0 Å². The molecule has 0 aliphatic rings. The smallest absolute Gasteiger partial charge is 0.136 e. The highest BCUT2D eigenvalue weighted by Gasteiger charge is 2.20. The third-order valence-electron chi connectivity index (χ3n) is 10.0. The zero-order chi connectivity index (χ0) is 33.0. The van der Waals surface area contributed by atoms with E-state index in [9.17, 15) is 0 Å². The molecule has 0 spiro atoms. The van der Waals surface area contributed by atoms with E-state index < -0.39 is 0 Å². The van der Waals surface area contributed by atoms with Gasteiger partial charge in [0.1, 0.15) is 11.2 Å². The molecule has 0 unspecified atom stereocenters. The van der Waals surface area contributed by atoms with Crippen molar-refractivity contribution in [3.05, 3.63) is 188 Å². The topological polar surface area (TPSA) is 16.4 Å². The summed E-state index contributed by atoms with van der Waals surface area (Å²) >= 11 is 0. The molecule has 1 heterocycles. The van der Waals surface area contributed by atoms with Crippen LogP contribution in [-0.4, -0.2) is 0 Å². The van der Waals surface area contributed by atoms with Gasteiger partial charge in [-0.1, -0.05) is 133 Å². The number of rotatable bonds is 5. The van der Waals surface area contributed by atoms with E-state index >= 15 is 0 Å². The van der Waals surface area contributed by atoms with Crippen molar-refractivity contribution in [1.29, 1.82) is 0 Å². The lowest BCUT2D eigenvalue weighted by Crippen LogP contribution is -2.11. The summed E-state index contributed by atoms with van der Waals surface area (Å²) in [5.41, 5.74) is 9.88. The monoisotopic (exact) mass is 637 g/mol. The van der Waals surface area contributed by atoms with Gasteiger partial charge in [-0.15, -0.1) is 0 Å². The maximum absolute atomic E-state index is 6.32. The Balaban J connectivity index is 1.20. The first-order valence-corrected chi connectivity index (χ1v) is 17.1. The molecule has 0 saturated carbocycles. The van der Waals surface area contributed by atoms with E-state index in [4.69, 9.17) is 4.42 Å². The van der Waals surface area contributed by atoms with Crippen LogP contribution in [-0.2, 0) is 0 Å². The van der Waals surface area contributed by atoms with Crippen LogP contribution in [0.25, 0.3) is 76.5 Å². The summed E-state index contributed by atoms with van der Waals surface area (Å²) in [6.45, 7) is 0. The van der Waals surface area contributed by atoms with Gasteiger partial charge >= 0.3 is 0 Å². The molecule has 0 atom stereocenters. The van der Waals surface area contributed by atoms with Gasteiger partial charge in [0.15, 0.2) is 0 Å². The second kappa shape index (κ2) is 11.5. The number of para-hydroxylation sites is 2. The fraction of sp³-hybridized carbons (Fsp3) is 0. The molecule has 2 heteroatoms. The number of hydrogen-bond acceptors (Lipinski definition) is 2. The molecule has 50 heavy (non-hydrogen) atoms. The van der Waals surface area contributed by atoms with Crippen molar-refractivity contribution in [2.75, 3.05) is 4.90 Å². The Morgan fingerprint density at radius 1 is 0.320 bits per heavy atom. The summed E-state index contributed by atoms with van der Waals surface area (Å²) < 4.78 is 6.32. The highest BCUT2D eigenvalue weighted by atomic mass is 16.3. The minimum atomic E-state index is 0.901. The summed E-state index contributed by atoms with van der Waals surface area (Å²) in [6.07, 6.45) is 0. The lowest BCUT2D eigenvalue weighted by Gasteiger charge is -2.29. The van der Waals surface area contributed by atoms with Crippen LogP contribution in [0.4, 0.5) is 17.1 Å². The lowest BCUT2D eigenvalue weighted by atomic mass is 9.92. The van der Waals surface area contributed by atoms with Crippen LogP contribution in [0.5, 0.6) is 0 Å². The number of anilines is 3. The van der Waals surface area contributed by atoms with Crippen molar-refractivity contribution in [2.24, 2.45) is 0 Å². The first-order valence-electron chi connectivity index (χ1n) is 17.1. The number of furan rings is 1. The normalized spacial score (nSPS) is 11.6. The molecule has 234 valence electrons. The Morgan fingerprint density at radius 3 is 1.84 bits per heavy atom. The number of hydrogen-bond donors (Lipinski definition) is 0. The van der Waals surface area contributed by atoms with Gasteiger partial charge < -0.3 is 9.32 Å². The predicted octanol–water partition coefficient (Wildman–Crippen LogP) is 13.8. The largest absolute Gasteiger partial charge is 0.456 e. The molecule has 1 aromatic heterocycles. The zero-order valence-electron chi connectivity index (χ0n) is 27.3. The van der Waals surface area contributed by atoms with Crippen LogP contribution in [0.15, 0.2) is 192 Å². The number of fused-ring (bicyclic) bond motifs is 7. The van der Waals surface area contributed by atoms with Crippen molar-refractivity contribution in [3.63, 3.8) is 0 Å². The Hall–Kier alpha value is -6.64. The van der Waals surface area contributed by atoms with Gasteiger partial charge in [-0.3, -0.25) is 0 Å². The highest BCUT2D eigenvalue weighted by Crippen LogP contribution is 2.45. The molecular formula is C48H31NO. The minimum absolute atomic E-state index is 0.901. The Morgan fingerprint density at radius 2 is 0.980 bits per heavy atom. The predicted molar refractivity (Wildman–Crippen MR) is 212 cm³/mol. The summed E-state index contributed by atoms with van der Waals surface area (Å²) in [4.78, 5) is 2.40. The van der Waals surface area contributed by atoms with E-state index in [0.717, 1.165) is 44.4 Å². The molecule has 10 aromatic rings. The number of nitrogens with zero attached hydrogens (tertiary/aromatic N) is 1. The van der Waals surface area contributed by atoms with Gasteiger partial charge in [0.05, 0.1) is 5.69 Å². The Kier molecular flexibility index (Phi) is 6.53. The quantitative estimate of drug-likeness (QED) is 0.175. The summed E-state index contributed by atoms with van der Waals surface area (Å²) in [7, 11) is 0. The van der Waals surface area contributed by atoms with Crippen LogP contribution < -0.4 is 4.90 Å². The van der Waals surface area contributed by atoms with E-state index in [1.54, 1.807) is 0 Å². The lowest BCUT2D eigenvalue weighted by molar-refractivity contribution is 0.669. The molecule has 0 fully saturated rings. The van der Waals surface area contributed by atoms with Crippen molar-refractivity contribution in [3.8, 4) is 22.3 Å². The third-order valence-corrected chi connectivity index (χ3v) is 10.0. The molecule has 0 aliphatic heterocycles. The van der Waals surface area contributed by atoms with E-state index in [1.165, 1.54) is 49.2 Å². The third kappa shape index (κ3) is 4.65. The fourth-order valence-electron chi connectivity index (χ4n) is 7.63. The second-order valence-electron chi connectivity index (χ2n) is 12.9. The first-order chi connectivity index (χ1) is 24.8. The van der Waals surface area contributed by atoms with E-state index in [0.29, 0.717) is 0 Å². The maximum Gasteiger partial charge on any atom is 0.136 e. The van der Waals surface area contributed by atoms with Gasteiger partial charge in [0.2, 0.25) is 0 Å². The van der Waals surface area contributed by atoms with E-state index in [2.05, 4.69) is 181 Å². The molecule has 0 radical (unpaired) electrons. The average molecular weight is 638 g/mol. The van der Waals surface area contributed by atoms with Crippen LogP contribution in [0, 0.1) is 0 Å². The van der Waals surface area contributed by atoms with Crippen molar-refractivity contribution in [2.45, 2.75) is 0 Å². The van der Waals surface area contributed by atoms with E-state index in [1.807, 2.05) is 12.1 Å². The van der Waals surface area contributed by atoms with E-state index in [-0.39, 0.29) is 0 Å². The van der Waals surface area contributed by atoms with Gasteiger partial charge in [0, 0.05) is 27.7 Å². The maximum atomic E-state index is 6.32. The van der Waals surface area contributed by atoms with Crippen molar-refractivity contribution < 1.29 is 4.42 Å². The second-order valence-corrected chi connectivity index (χ2v) is 12.9. The number of benzene rings is 9. The van der Waals surface area contributed by atoms with Gasteiger partial charge in [-0.25, -0.2) is 0 Å². The highest BCUT2D eigenvalue weighted by molar-refractivity contribution is 6.15. The summed E-state index contributed by atoms with van der Waals surface area (Å²) in [6, 6.07) is 67.6. The molecule has 0 aliphatic carbocycles. The fourth-order valence-corrected chi connectivity index (χ4v) is 7.63. The Bertz CT molecular complexity index is 2870. The Labute approximate surface area is 290 Å². The zero-order valence-corrected chi connectivity index (χ0v) is 27.3. The molecule has 0 saturated heterocycles. The molecule has 0 N–H and O–H groups in total. The summed E-state index contributed by atoms with van der Waals surface area (Å²) in [5.74, 6) is 0.